The number of hydrogen-bond acceptors (Lipinski definition) is 2. The van der Waals surface area contributed by atoms with Crippen LogP contribution in [0.25, 0.3) is 0 Å². The van der Waals surface area contributed by atoms with Gasteiger partial charge in [-0.25, -0.2) is 0 Å². The zero-order valence-corrected chi connectivity index (χ0v) is 11.8. The van der Waals surface area contributed by atoms with Gasteiger partial charge in [0, 0.05) is 9.75 Å². The van der Waals surface area contributed by atoms with Gasteiger partial charge in [0.05, 0.1) is 6.04 Å². The highest BCUT2D eigenvalue weighted by molar-refractivity contribution is 7.12. The standard InChI is InChI=1S/C15H23NS/c1-3-13-10-11-14(17-13)15(16-2)12-8-6-4-5-7-9-12/h8,10-11,15-16H,3-7,9H2,1-2H3. The summed E-state index contributed by atoms with van der Waals surface area (Å²) in [6.45, 7) is 2.23. The first-order valence-electron chi connectivity index (χ1n) is 6.80. The Kier molecular flexibility index (Phi) is 4.81. The number of thiophene rings is 1. The molecule has 1 heterocycles. The van der Waals surface area contributed by atoms with Gasteiger partial charge in [0.15, 0.2) is 0 Å². The second-order valence-corrected chi connectivity index (χ2v) is 5.96. The van der Waals surface area contributed by atoms with Gasteiger partial charge in [0.1, 0.15) is 0 Å². The summed E-state index contributed by atoms with van der Waals surface area (Å²) < 4.78 is 0. The second kappa shape index (κ2) is 6.36. The highest BCUT2D eigenvalue weighted by Gasteiger charge is 2.17. The van der Waals surface area contributed by atoms with Crippen LogP contribution in [-0.4, -0.2) is 7.05 Å². The smallest absolute Gasteiger partial charge is 0.0628 e. The Morgan fingerprint density at radius 2 is 2.18 bits per heavy atom. The average Bonchev–Trinajstić information content (AvgIpc) is 2.66. The largest absolute Gasteiger partial charge is 0.309 e. The topological polar surface area (TPSA) is 12.0 Å². The Labute approximate surface area is 109 Å². The fourth-order valence-electron chi connectivity index (χ4n) is 2.55. The Bertz CT molecular complexity index is 378. The highest BCUT2D eigenvalue weighted by atomic mass is 32.1. The van der Waals surface area contributed by atoms with Crippen molar-refractivity contribution in [1.29, 1.82) is 0 Å². The van der Waals surface area contributed by atoms with E-state index < -0.39 is 0 Å². The first kappa shape index (κ1) is 12.8. The molecule has 0 aliphatic heterocycles. The van der Waals surface area contributed by atoms with Crippen molar-refractivity contribution >= 4 is 11.3 Å². The van der Waals surface area contributed by atoms with Gasteiger partial charge in [-0.15, -0.1) is 11.3 Å². The van der Waals surface area contributed by atoms with E-state index in [1.807, 2.05) is 11.3 Å². The van der Waals surface area contributed by atoms with Gasteiger partial charge in [-0.3, -0.25) is 0 Å². The van der Waals surface area contributed by atoms with Crippen molar-refractivity contribution in [2.75, 3.05) is 7.05 Å². The number of nitrogens with one attached hydrogen (secondary N) is 1. The van der Waals surface area contributed by atoms with Gasteiger partial charge in [0.25, 0.3) is 0 Å². The molecule has 1 aliphatic carbocycles. The Morgan fingerprint density at radius 1 is 1.29 bits per heavy atom. The summed E-state index contributed by atoms with van der Waals surface area (Å²) in [6, 6.07) is 5.04. The molecule has 0 spiro atoms. The molecule has 94 valence electrons. The number of hydrogen-bond donors (Lipinski definition) is 1. The summed E-state index contributed by atoms with van der Waals surface area (Å²) in [5, 5.41) is 3.50. The molecule has 0 saturated heterocycles. The van der Waals surface area contributed by atoms with Crippen molar-refractivity contribution in [3.05, 3.63) is 33.5 Å². The van der Waals surface area contributed by atoms with Gasteiger partial charge < -0.3 is 5.32 Å². The maximum atomic E-state index is 3.50. The Morgan fingerprint density at radius 3 is 2.88 bits per heavy atom. The normalized spacial score (nSPS) is 18.6. The van der Waals surface area contributed by atoms with Crippen LogP contribution in [0, 0.1) is 0 Å². The van der Waals surface area contributed by atoms with E-state index in [9.17, 15) is 0 Å². The molecule has 1 aromatic rings. The Balaban J connectivity index is 2.16. The zero-order chi connectivity index (χ0) is 12.1. The predicted molar refractivity (Wildman–Crippen MR) is 76.7 cm³/mol. The second-order valence-electron chi connectivity index (χ2n) is 4.76. The van der Waals surface area contributed by atoms with Gasteiger partial charge in [-0.05, 0) is 51.3 Å². The maximum absolute atomic E-state index is 3.50. The molecule has 0 aromatic carbocycles. The lowest BCUT2D eigenvalue weighted by molar-refractivity contribution is 0.636. The predicted octanol–water partition coefficient (Wildman–Crippen LogP) is 4.46. The minimum absolute atomic E-state index is 0.457. The lowest BCUT2D eigenvalue weighted by Crippen LogP contribution is -2.17. The number of allylic oxidation sites excluding steroid dienone is 1. The van der Waals surface area contributed by atoms with Crippen LogP contribution in [0.4, 0.5) is 0 Å². The molecule has 0 saturated carbocycles. The van der Waals surface area contributed by atoms with Crippen molar-refractivity contribution in [2.45, 2.75) is 51.5 Å². The van der Waals surface area contributed by atoms with Gasteiger partial charge >= 0.3 is 0 Å². The van der Waals surface area contributed by atoms with E-state index in [2.05, 4.69) is 37.5 Å². The minimum atomic E-state index is 0.457. The van der Waals surface area contributed by atoms with Crippen LogP contribution in [0.5, 0.6) is 0 Å². The van der Waals surface area contributed by atoms with Crippen LogP contribution in [-0.2, 0) is 6.42 Å². The first-order chi connectivity index (χ1) is 8.35. The average molecular weight is 249 g/mol. The third kappa shape index (κ3) is 3.20. The number of aryl methyl sites for hydroxylation is 1. The molecule has 0 fully saturated rings. The zero-order valence-electron chi connectivity index (χ0n) is 11.0. The molecule has 1 nitrogen and oxygen atoms in total. The van der Waals surface area contributed by atoms with E-state index in [0.717, 1.165) is 6.42 Å². The molecule has 0 radical (unpaired) electrons. The number of likely N-dealkylation sites (N-methyl/N-ethyl adjacent to an activating group) is 1. The van der Waals surface area contributed by atoms with E-state index in [-0.39, 0.29) is 0 Å². The highest BCUT2D eigenvalue weighted by Crippen LogP contribution is 2.32. The molecule has 1 aromatic heterocycles. The third-order valence-electron chi connectivity index (χ3n) is 3.55. The molecule has 1 aliphatic rings. The summed E-state index contributed by atoms with van der Waals surface area (Å²) in [5.41, 5.74) is 1.61. The van der Waals surface area contributed by atoms with E-state index in [4.69, 9.17) is 0 Å². The fraction of sp³-hybridized carbons (Fsp3) is 0.600. The van der Waals surface area contributed by atoms with Crippen molar-refractivity contribution < 1.29 is 0 Å². The molecule has 0 bridgehead atoms. The van der Waals surface area contributed by atoms with Crippen LogP contribution < -0.4 is 5.32 Å². The van der Waals surface area contributed by atoms with Crippen molar-refractivity contribution in [3.63, 3.8) is 0 Å². The summed E-state index contributed by atoms with van der Waals surface area (Å²) >= 11 is 1.96. The number of rotatable bonds is 4. The van der Waals surface area contributed by atoms with Gasteiger partial charge in [-0.2, -0.15) is 0 Å². The minimum Gasteiger partial charge on any atom is -0.309 e. The van der Waals surface area contributed by atoms with Crippen LogP contribution in [0.1, 0.15) is 54.8 Å². The quantitative estimate of drug-likeness (QED) is 0.777. The molecule has 0 amide bonds. The summed E-state index contributed by atoms with van der Waals surface area (Å²) in [6.07, 6.45) is 10.3. The van der Waals surface area contributed by atoms with Crippen LogP contribution in [0.2, 0.25) is 0 Å². The molecular formula is C15H23NS. The molecule has 1 atom stereocenters. The van der Waals surface area contributed by atoms with Crippen molar-refractivity contribution in [1.82, 2.24) is 5.32 Å². The maximum Gasteiger partial charge on any atom is 0.0628 e. The molecule has 1 unspecified atom stereocenters. The van der Waals surface area contributed by atoms with Gasteiger partial charge in [-0.1, -0.05) is 25.0 Å². The molecule has 2 rings (SSSR count). The van der Waals surface area contributed by atoms with Crippen LogP contribution in [0.3, 0.4) is 0 Å². The Hall–Kier alpha value is -0.600. The lowest BCUT2D eigenvalue weighted by atomic mass is 10.0. The van der Waals surface area contributed by atoms with E-state index in [1.54, 1.807) is 5.57 Å². The molecule has 2 heteroatoms. The third-order valence-corrected chi connectivity index (χ3v) is 4.85. The van der Waals surface area contributed by atoms with Crippen molar-refractivity contribution in [3.8, 4) is 0 Å². The van der Waals surface area contributed by atoms with Gasteiger partial charge in [0.2, 0.25) is 0 Å². The summed E-state index contributed by atoms with van der Waals surface area (Å²) in [7, 11) is 2.09. The van der Waals surface area contributed by atoms with E-state index in [0.29, 0.717) is 6.04 Å². The summed E-state index contributed by atoms with van der Waals surface area (Å²) in [4.78, 5) is 2.98. The lowest BCUT2D eigenvalue weighted by Gasteiger charge is -2.18. The van der Waals surface area contributed by atoms with E-state index in [1.165, 1.54) is 41.9 Å². The van der Waals surface area contributed by atoms with E-state index >= 15 is 0 Å². The molecular weight excluding hydrogens is 226 g/mol. The van der Waals surface area contributed by atoms with Crippen LogP contribution >= 0.6 is 11.3 Å². The molecule has 1 N–H and O–H groups in total. The molecule has 17 heavy (non-hydrogen) atoms. The van der Waals surface area contributed by atoms with Crippen LogP contribution in [0.15, 0.2) is 23.8 Å². The summed E-state index contributed by atoms with van der Waals surface area (Å²) in [5.74, 6) is 0. The van der Waals surface area contributed by atoms with Crippen molar-refractivity contribution in [2.24, 2.45) is 0 Å². The SMILES string of the molecule is CCc1ccc(C(NC)C2=CCCCCC2)s1. The first-order valence-corrected chi connectivity index (χ1v) is 7.61. The fourth-order valence-corrected chi connectivity index (χ4v) is 3.66. The monoisotopic (exact) mass is 249 g/mol.